The van der Waals surface area contributed by atoms with E-state index in [1.165, 1.54) is 6.08 Å². The molecule has 168 valence electrons. The maximum Gasteiger partial charge on any atom is 0.245 e. The lowest BCUT2D eigenvalue weighted by Crippen LogP contribution is -2.24. The molecule has 0 aliphatic heterocycles. The van der Waals surface area contributed by atoms with E-state index in [-0.39, 0.29) is 5.91 Å². The third-order valence-electron chi connectivity index (χ3n) is 5.23. The summed E-state index contributed by atoms with van der Waals surface area (Å²) < 4.78 is 0. The largest absolute Gasteiger partial charge is 0.387 e. The van der Waals surface area contributed by atoms with Gasteiger partial charge in [-0.1, -0.05) is 60.1 Å². The van der Waals surface area contributed by atoms with E-state index in [9.17, 15) is 4.79 Å². The molecular formula is C26H26ClN5O. The van der Waals surface area contributed by atoms with Gasteiger partial charge in [-0.25, -0.2) is 0 Å². The fourth-order valence-electron chi connectivity index (χ4n) is 3.54. The van der Waals surface area contributed by atoms with Crippen LogP contribution < -0.4 is 16.0 Å². The van der Waals surface area contributed by atoms with Crippen LogP contribution in [0, 0.1) is 0 Å². The van der Waals surface area contributed by atoms with E-state index in [0.29, 0.717) is 18.1 Å². The van der Waals surface area contributed by atoms with E-state index in [4.69, 9.17) is 11.6 Å². The highest BCUT2D eigenvalue weighted by Gasteiger charge is 2.04. The fourth-order valence-corrected chi connectivity index (χ4v) is 3.85. The molecule has 3 aromatic carbocycles. The Bertz CT molecular complexity index is 1240. The molecule has 0 unspecified atom stereocenters. The molecule has 0 fully saturated rings. The molecule has 0 aliphatic rings. The summed E-state index contributed by atoms with van der Waals surface area (Å²) in [5.41, 5.74) is 5.18. The van der Waals surface area contributed by atoms with E-state index in [1.807, 2.05) is 72.9 Å². The Balaban J connectivity index is 1.15. The molecule has 0 radical (unpaired) electrons. The van der Waals surface area contributed by atoms with Gasteiger partial charge in [-0.2, -0.15) is 5.10 Å². The lowest BCUT2D eigenvalue weighted by atomic mass is 10.0. The number of carbonyl (C=O) groups is 1. The average molecular weight is 460 g/mol. The monoisotopic (exact) mass is 459 g/mol. The number of rotatable bonds is 10. The molecule has 1 aromatic heterocycles. The lowest BCUT2D eigenvalue weighted by Gasteiger charge is -2.08. The summed E-state index contributed by atoms with van der Waals surface area (Å²) in [6.07, 6.45) is 5.78. The Morgan fingerprint density at radius 2 is 1.91 bits per heavy atom. The van der Waals surface area contributed by atoms with Crippen LogP contribution in [0.2, 0.25) is 5.02 Å². The minimum atomic E-state index is -0.128. The first-order chi connectivity index (χ1) is 16.2. The van der Waals surface area contributed by atoms with Crippen LogP contribution in [0.1, 0.15) is 12.0 Å². The lowest BCUT2D eigenvalue weighted by molar-refractivity contribution is -0.116. The number of carbonyl (C=O) groups excluding carboxylic acids is 1. The first kappa shape index (κ1) is 22.4. The summed E-state index contributed by atoms with van der Waals surface area (Å²) in [5.74, 6) is -0.128. The van der Waals surface area contributed by atoms with Gasteiger partial charge in [-0.15, -0.1) is 0 Å². The number of aromatic amines is 1. The molecule has 4 aromatic rings. The first-order valence-electron chi connectivity index (χ1n) is 10.9. The number of H-pyrrole nitrogens is 1. The Hall–Kier alpha value is -3.77. The summed E-state index contributed by atoms with van der Waals surface area (Å²) in [6.45, 7) is 1.93. The number of anilines is 1. The van der Waals surface area contributed by atoms with Crippen molar-refractivity contribution < 1.29 is 4.79 Å². The number of nitrogens with zero attached hydrogens (tertiary/aromatic N) is 1. The van der Waals surface area contributed by atoms with E-state index in [1.54, 1.807) is 6.20 Å². The van der Waals surface area contributed by atoms with E-state index >= 15 is 0 Å². The Morgan fingerprint density at radius 1 is 1.03 bits per heavy atom. The summed E-state index contributed by atoms with van der Waals surface area (Å²) in [4.78, 5) is 12.0. The van der Waals surface area contributed by atoms with Crippen molar-refractivity contribution in [3.05, 3.63) is 95.8 Å². The highest BCUT2D eigenvalue weighted by molar-refractivity contribution is 6.33. The molecular weight excluding hydrogens is 434 g/mol. The van der Waals surface area contributed by atoms with Crippen LogP contribution in [0.3, 0.4) is 0 Å². The first-order valence-corrected chi connectivity index (χ1v) is 11.3. The van der Waals surface area contributed by atoms with Crippen LogP contribution in [0.4, 0.5) is 5.69 Å². The van der Waals surface area contributed by atoms with Crippen molar-refractivity contribution in [3.8, 4) is 11.1 Å². The molecule has 4 rings (SSSR count). The molecule has 1 heterocycles. The van der Waals surface area contributed by atoms with Gasteiger partial charge in [-0.05, 0) is 35.7 Å². The highest BCUT2D eigenvalue weighted by atomic mass is 35.5. The number of aromatic nitrogens is 2. The van der Waals surface area contributed by atoms with Crippen molar-refractivity contribution in [1.29, 1.82) is 0 Å². The van der Waals surface area contributed by atoms with Gasteiger partial charge in [-0.3, -0.25) is 9.89 Å². The van der Waals surface area contributed by atoms with Crippen LogP contribution in [0.5, 0.6) is 0 Å². The summed E-state index contributed by atoms with van der Waals surface area (Å²) in [7, 11) is 0. The molecule has 6 nitrogen and oxygen atoms in total. The predicted molar refractivity (Wildman–Crippen MR) is 135 cm³/mol. The fraction of sp³-hybridized carbons (Fsp3) is 0.154. The zero-order chi connectivity index (χ0) is 22.9. The second-order valence-electron chi connectivity index (χ2n) is 7.60. The van der Waals surface area contributed by atoms with E-state index in [0.717, 1.165) is 46.2 Å². The molecule has 4 N–H and O–H groups in total. The van der Waals surface area contributed by atoms with Gasteiger partial charge in [0.25, 0.3) is 0 Å². The quantitative estimate of drug-likeness (QED) is 0.196. The Morgan fingerprint density at radius 3 is 2.76 bits per heavy atom. The van der Waals surface area contributed by atoms with Gasteiger partial charge in [0.15, 0.2) is 0 Å². The summed E-state index contributed by atoms with van der Waals surface area (Å²) >= 11 is 6.45. The van der Waals surface area contributed by atoms with Crippen LogP contribution in [-0.2, 0) is 11.3 Å². The molecule has 0 atom stereocenters. The molecule has 0 bridgehead atoms. The Kier molecular flexibility index (Phi) is 7.61. The van der Waals surface area contributed by atoms with Gasteiger partial charge in [0, 0.05) is 53.6 Å². The van der Waals surface area contributed by atoms with Gasteiger partial charge < -0.3 is 16.0 Å². The van der Waals surface area contributed by atoms with Crippen molar-refractivity contribution >= 4 is 34.1 Å². The molecule has 1 amide bonds. The molecule has 0 spiro atoms. The second kappa shape index (κ2) is 11.2. The molecule has 0 aliphatic carbocycles. The maximum atomic E-state index is 12.0. The average Bonchev–Trinajstić information content (AvgIpc) is 3.32. The number of hydrogen-bond acceptors (Lipinski definition) is 4. The van der Waals surface area contributed by atoms with Gasteiger partial charge >= 0.3 is 0 Å². The number of hydrogen-bond donors (Lipinski definition) is 4. The van der Waals surface area contributed by atoms with Crippen LogP contribution in [0.25, 0.3) is 22.0 Å². The van der Waals surface area contributed by atoms with Crippen molar-refractivity contribution in [2.45, 2.75) is 13.0 Å². The SMILES string of the molecule is O=C(C=CNCc1ccc(-c2ccccc2)c(Cl)c1)NCCCNc1cccc2[nH]ncc12. The maximum absolute atomic E-state index is 12.0. The number of amides is 1. The van der Waals surface area contributed by atoms with Gasteiger partial charge in [0.2, 0.25) is 5.91 Å². The standard InChI is InChI=1S/C26H26ClN5O/c27-23-16-19(10-11-21(23)20-6-2-1-3-7-20)17-28-15-12-26(33)30-14-5-13-29-24-8-4-9-25-22(24)18-31-32-25/h1-4,6-12,15-16,18,28-29H,5,13-14,17H2,(H,30,33)(H,31,32). The van der Waals surface area contributed by atoms with Crippen LogP contribution in [-0.4, -0.2) is 29.2 Å². The number of fused-ring (bicyclic) bond motifs is 1. The third kappa shape index (κ3) is 6.14. The molecule has 0 saturated carbocycles. The topological polar surface area (TPSA) is 81.8 Å². The molecule has 7 heteroatoms. The molecule has 0 saturated heterocycles. The number of nitrogens with one attached hydrogen (secondary N) is 4. The van der Waals surface area contributed by atoms with Crippen LogP contribution in [0.15, 0.2) is 85.2 Å². The summed E-state index contributed by atoms with van der Waals surface area (Å²) in [6, 6.07) is 22.0. The van der Waals surface area contributed by atoms with Crippen molar-refractivity contribution in [2.24, 2.45) is 0 Å². The normalized spacial score (nSPS) is 11.1. The van der Waals surface area contributed by atoms with Gasteiger partial charge in [0.05, 0.1) is 11.7 Å². The van der Waals surface area contributed by atoms with Gasteiger partial charge in [0.1, 0.15) is 0 Å². The smallest absolute Gasteiger partial charge is 0.245 e. The molecule has 33 heavy (non-hydrogen) atoms. The highest BCUT2D eigenvalue weighted by Crippen LogP contribution is 2.28. The predicted octanol–water partition coefficient (Wildman–Crippen LogP) is 5.11. The Labute approximate surface area is 198 Å². The zero-order valence-electron chi connectivity index (χ0n) is 18.1. The third-order valence-corrected chi connectivity index (χ3v) is 5.54. The van der Waals surface area contributed by atoms with E-state index < -0.39 is 0 Å². The van der Waals surface area contributed by atoms with E-state index in [2.05, 4.69) is 26.1 Å². The minimum absolute atomic E-state index is 0.128. The minimum Gasteiger partial charge on any atom is -0.387 e. The van der Waals surface area contributed by atoms with Crippen LogP contribution >= 0.6 is 11.6 Å². The van der Waals surface area contributed by atoms with Crippen molar-refractivity contribution in [3.63, 3.8) is 0 Å². The van der Waals surface area contributed by atoms with Crippen molar-refractivity contribution in [1.82, 2.24) is 20.8 Å². The number of halogens is 1. The zero-order valence-corrected chi connectivity index (χ0v) is 18.9. The second-order valence-corrected chi connectivity index (χ2v) is 8.01. The van der Waals surface area contributed by atoms with Crippen molar-refractivity contribution in [2.75, 3.05) is 18.4 Å². The summed E-state index contributed by atoms with van der Waals surface area (Å²) in [5, 5.41) is 18.2. The number of benzene rings is 3.